The van der Waals surface area contributed by atoms with Crippen LogP contribution in [0.5, 0.6) is 11.5 Å². The highest BCUT2D eigenvalue weighted by molar-refractivity contribution is 9.10. The van der Waals surface area contributed by atoms with E-state index < -0.39 is 12.0 Å². The fourth-order valence-electron chi connectivity index (χ4n) is 4.16. The Morgan fingerprint density at radius 1 is 1.16 bits per heavy atom. The van der Waals surface area contributed by atoms with E-state index in [0.29, 0.717) is 51.6 Å². The number of benzene rings is 2. The van der Waals surface area contributed by atoms with Crippen molar-refractivity contribution in [1.82, 2.24) is 14.8 Å². The lowest BCUT2D eigenvalue weighted by Crippen LogP contribution is -2.30. The molecule has 2 aromatic carbocycles. The lowest BCUT2D eigenvalue weighted by molar-refractivity contribution is -0.143. The Balaban J connectivity index is 1.78. The first kappa shape index (κ1) is 28.0. The van der Waals surface area contributed by atoms with E-state index in [4.69, 9.17) is 19.3 Å². The molecule has 3 aromatic rings. The molecule has 4 rings (SSSR count). The minimum Gasteiger partial charge on any atom is -0.490 e. The highest BCUT2D eigenvalue weighted by Gasteiger charge is 2.36. The molecule has 0 spiro atoms. The van der Waals surface area contributed by atoms with E-state index in [1.54, 1.807) is 4.68 Å². The molecule has 38 heavy (non-hydrogen) atoms. The number of rotatable bonds is 10. The Labute approximate surface area is 236 Å². The number of thioether (sulfide) groups is 1. The molecule has 0 saturated carbocycles. The third-order valence-electron chi connectivity index (χ3n) is 5.82. The van der Waals surface area contributed by atoms with Crippen LogP contribution in [0.25, 0.3) is 0 Å². The van der Waals surface area contributed by atoms with Gasteiger partial charge in [0.2, 0.25) is 11.1 Å². The van der Waals surface area contributed by atoms with Crippen molar-refractivity contribution in [3.63, 3.8) is 0 Å². The summed E-state index contributed by atoms with van der Waals surface area (Å²) in [5.74, 6) is 2.16. The van der Waals surface area contributed by atoms with E-state index in [-0.39, 0.29) is 6.10 Å². The number of halogens is 1. The van der Waals surface area contributed by atoms with Gasteiger partial charge in [0.25, 0.3) is 0 Å². The molecule has 1 N–H and O–H groups in total. The molecule has 1 aromatic heterocycles. The SMILES string of the molecule is CCOc1cc(C2C(C(=O)OC(C)C)=C(C)Nc3nc(SCC)nn32)cc(Br)c1OCc1ccc(C)cc1. The molecule has 0 fully saturated rings. The van der Waals surface area contributed by atoms with E-state index in [1.807, 2.05) is 58.9 Å². The molecule has 0 aliphatic carbocycles. The van der Waals surface area contributed by atoms with Crippen molar-refractivity contribution < 1.29 is 19.0 Å². The molecule has 0 radical (unpaired) electrons. The van der Waals surface area contributed by atoms with Gasteiger partial charge in [-0.15, -0.1) is 5.10 Å². The zero-order valence-corrected chi connectivity index (χ0v) is 24.9. The number of nitrogens with zero attached hydrogens (tertiary/aromatic N) is 3. The number of allylic oxidation sites excluding steroid dienone is 1. The molecule has 1 aliphatic rings. The monoisotopic (exact) mass is 600 g/mol. The van der Waals surface area contributed by atoms with E-state index in [1.165, 1.54) is 17.3 Å². The number of aromatic nitrogens is 3. The number of fused-ring (bicyclic) bond motifs is 1. The maximum atomic E-state index is 13.3. The number of ether oxygens (including phenoxy) is 3. The molecule has 1 aliphatic heterocycles. The molecule has 0 amide bonds. The fourth-order valence-corrected chi connectivity index (χ4v) is 5.29. The molecule has 8 nitrogen and oxygen atoms in total. The molecule has 0 bridgehead atoms. The zero-order valence-electron chi connectivity index (χ0n) is 22.5. The van der Waals surface area contributed by atoms with Crippen LogP contribution in [-0.4, -0.2) is 39.2 Å². The van der Waals surface area contributed by atoms with Gasteiger partial charge in [-0.05, 0) is 79.6 Å². The number of carbonyl (C=O) groups is 1. The summed E-state index contributed by atoms with van der Waals surface area (Å²) >= 11 is 5.24. The smallest absolute Gasteiger partial charge is 0.338 e. The number of esters is 1. The van der Waals surface area contributed by atoms with Crippen molar-refractivity contribution >= 4 is 39.6 Å². The third kappa shape index (κ3) is 6.18. The van der Waals surface area contributed by atoms with Crippen molar-refractivity contribution in [1.29, 1.82) is 0 Å². The molecular formula is C28H33BrN4O4S. The Morgan fingerprint density at radius 2 is 1.89 bits per heavy atom. The first-order valence-electron chi connectivity index (χ1n) is 12.6. The number of aryl methyl sites for hydroxylation is 1. The van der Waals surface area contributed by atoms with Crippen LogP contribution in [0.15, 0.2) is 57.3 Å². The second-order valence-corrected chi connectivity index (χ2v) is 11.2. The van der Waals surface area contributed by atoms with Gasteiger partial charge in [-0.25, -0.2) is 9.48 Å². The minimum absolute atomic E-state index is 0.268. The van der Waals surface area contributed by atoms with E-state index in [9.17, 15) is 4.79 Å². The quantitative estimate of drug-likeness (QED) is 0.204. The van der Waals surface area contributed by atoms with Gasteiger partial charge >= 0.3 is 5.97 Å². The number of nitrogens with one attached hydrogen (secondary N) is 1. The Bertz CT molecular complexity index is 1340. The molecule has 2 heterocycles. The van der Waals surface area contributed by atoms with Gasteiger partial charge in [0.1, 0.15) is 12.6 Å². The lowest BCUT2D eigenvalue weighted by atomic mass is 9.95. The second-order valence-electron chi connectivity index (χ2n) is 9.15. The topological polar surface area (TPSA) is 87.5 Å². The van der Waals surface area contributed by atoms with Crippen molar-refractivity contribution in [2.45, 2.75) is 65.5 Å². The van der Waals surface area contributed by atoms with Crippen molar-refractivity contribution in [3.05, 3.63) is 68.8 Å². The lowest BCUT2D eigenvalue weighted by Gasteiger charge is -2.29. The molecule has 1 unspecified atom stereocenters. The van der Waals surface area contributed by atoms with Gasteiger partial charge in [-0.1, -0.05) is 48.5 Å². The summed E-state index contributed by atoms with van der Waals surface area (Å²) in [5, 5.41) is 8.60. The predicted molar refractivity (Wildman–Crippen MR) is 153 cm³/mol. The molecule has 0 saturated heterocycles. The van der Waals surface area contributed by atoms with Gasteiger partial charge in [-0.2, -0.15) is 4.98 Å². The average Bonchev–Trinajstić information content (AvgIpc) is 3.25. The van der Waals surface area contributed by atoms with Gasteiger partial charge < -0.3 is 19.5 Å². The molecular weight excluding hydrogens is 568 g/mol. The van der Waals surface area contributed by atoms with E-state index >= 15 is 0 Å². The van der Waals surface area contributed by atoms with E-state index in [2.05, 4.69) is 45.3 Å². The number of carbonyl (C=O) groups excluding carboxylic acids is 1. The first-order chi connectivity index (χ1) is 18.2. The van der Waals surface area contributed by atoms with Gasteiger partial charge in [0.05, 0.1) is 22.8 Å². The largest absolute Gasteiger partial charge is 0.490 e. The minimum atomic E-state index is -0.571. The highest BCUT2D eigenvalue weighted by atomic mass is 79.9. The number of hydrogen-bond donors (Lipinski definition) is 1. The van der Waals surface area contributed by atoms with Crippen LogP contribution in [0, 0.1) is 6.92 Å². The zero-order chi connectivity index (χ0) is 27.4. The maximum Gasteiger partial charge on any atom is 0.338 e. The summed E-state index contributed by atoms with van der Waals surface area (Å²) in [7, 11) is 0. The van der Waals surface area contributed by atoms with Gasteiger partial charge in [-0.3, -0.25) is 0 Å². The standard InChI is InChI=1S/C28H33BrN4O4S/c1-7-35-22-14-20(13-21(29)25(22)36-15-19-11-9-17(5)10-12-19)24-23(26(34)37-16(3)4)18(6)30-27-31-28(38-8-2)32-33(24)27/h9-14,16,24H,7-8,15H2,1-6H3,(H,30,31,32). The molecule has 10 heteroatoms. The highest BCUT2D eigenvalue weighted by Crippen LogP contribution is 2.43. The summed E-state index contributed by atoms with van der Waals surface area (Å²) in [6.45, 7) is 12.4. The normalized spacial score (nSPS) is 14.8. The summed E-state index contributed by atoms with van der Waals surface area (Å²) in [4.78, 5) is 18.0. The van der Waals surface area contributed by atoms with Crippen LogP contribution < -0.4 is 14.8 Å². The average molecular weight is 602 g/mol. The van der Waals surface area contributed by atoms with Crippen LogP contribution in [0.3, 0.4) is 0 Å². The summed E-state index contributed by atoms with van der Waals surface area (Å²) in [5.41, 5.74) is 4.17. The maximum absolute atomic E-state index is 13.3. The second kappa shape index (κ2) is 12.3. The predicted octanol–water partition coefficient (Wildman–Crippen LogP) is 6.68. The van der Waals surface area contributed by atoms with Gasteiger partial charge in [0.15, 0.2) is 11.5 Å². The molecule has 1 atom stereocenters. The van der Waals surface area contributed by atoms with Crippen molar-refractivity contribution in [2.24, 2.45) is 0 Å². The van der Waals surface area contributed by atoms with Gasteiger partial charge in [0, 0.05) is 5.70 Å². The van der Waals surface area contributed by atoms with Crippen LogP contribution in [0.1, 0.15) is 57.4 Å². The summed E-state index contributed by atoms with van der Waals surface area (Å²) < 4.78 is 20.3. The van der Waals surface area contributed by atoms with Crippen molar-refractivity contribution in [2.75, 3.05) is 17.7 Å². The third-order valence-corrected chi connectivity index (χ3v) is 7.13. The van der Waals surface area contributed by atoms with Crippen LogP contribution in [0.4, 0.5) is 5.95 Å². The Morgan fingerprint density at radius 3 is 2.55 bits per heavy atom. The van der Waals surface area contributed by atoms with Crippen molar-refractivity contribution in [3.8, 4) is 11.5 Å². The van der Waals surface area contributed by atoms with Crippen LogP contribution in [0.2, 0.25) is 0 Å². The first-order valence-corrected chi connectivity index (χ1v) is 14.4. The molecule has 202 valence electrons. The van der Waals surface area contributed by atoms with Crippen LogP contribution >= 0.6 is 27.7 Å². The van der Waals surface area contributed by atoms with Crippen LogP contribution in [-0.2, 0) is 16.1 Å². The Kier molecular flexibility index (Phi) is 9.04. The summed E-state index contributed by atoms with van der Waals surface area (Å²) in [6.07, 6.45) is -0.268. The number of anilines is 1. The number of hydrogen-bond acceptors (Lipinski definition) is 8. The summed E-state index contributed by atoms with van der Waals surface area (Å²) in [6, 6.07) is 11.5. The Hall–Kier alpha value is -2.98. The fraction of sp³-hybridized carbons (Fsp3) is 0.393. The van der Waals surface area contributed by atoms with E-state index in [0.717, 1.165) is 16.9 Å².